The van der Waals surface area contributed by atoms with E-state index in [2.05, 4.69) is 24.1 Å². The number of anilines is 2. The van der Waals surface area contributed by atoms with Crippen molar-refractivity contribution in [2.75, 3.05) is 50.7 Å². The number of imide groups is 1. The minimum Gasteiger partial charge on any atom is -0.496 e. The van der Waals surface area contributed by atoms with E-state index in [0.717, 1.165) is 24.5 Å². The molecule has 0 saturated carbocycles. The fourth-order valence-corrected chi connectivity index (χ4v) is 3.67. The summed E-state index contributed by atoms with van der Waals surface area (Å²) in [6.45, 7) is 6.48. The number of nitrogens with zero attached hydrogens (tertiary/aromatic N) is 2. The molecule has 2 amide bonds. The van der Waals surface area contributed by atoms with Crippen molar-refractivity contribution in [3.05, 3.63) is 59.8 Å². The summed E-state index contributed by atoms with van der Waals surface area (Å²) in [5.41, 5.74) is 2.94. The summed E-state index contributed by atoms with van der Waals surface area (Å²) < 4.78 is 10.5. The van der Waals surface area contributed by atoms with E-state index >= 15 is 0 Å². The van der Waals surface area contributed by atoms with Crippen LogP contribution in [-0.2, 0) is 14.3 Å². The van der Waals surface area contributed by atoms with Gasteiger partial charge in [0.25, 0.3) is 11.8 Å². The van der Waals surface area contributed by atoms with E-state index in [1.165, 1.54) is 12.0 Å². The molecular formula is C24H29N3O4. The highest BCUT2D eigenvalue weighted by atomic mass is 16.5. The zero-order valence-corrected chi connectivity index (χ0v) is 18.5. The lowest BCUT2D eigenvalue weighted by Gasteiger charge is -2.21. The molecule has 1 N–H and O–H groups in total. The highest BCUT2D eigenvalue weighted by molar-refractivity contribution is 6.37. The molecule has 164 valence electrons. The molecular weight excluding hydrogens is 394 g/mol. The number of hydrogen-bond donors (Lipinski definition) is 1. The van der Waals surface area contributed by atoms with Gasteiger partial charge in [-0.1, -0.05) is 18.2 Å². The third kappa shape index (κ3) is 4.56. The fourth-order valence-electron chi connectivity index (χ4n) is 3.67. The smallest absolute Gasteiger partial charge is 0.278 e. The van der Waals surface area contributed by atoms with Crippen LogP contribution in [0.1, 0.15) is 19.4 Å². The molecule has 0 saturated heterocycles. The van der Waals surface area contributed by atoms with Gasteiger partial charge in [0, 0.05) is 37.1 Å². The van der Waals surface area contributed by atoms with E-state index in [1.807, 2.05) is 36.4 Å². The summed E-state index contributed by atoms with van der Waals surface area (Å²) in [6.07, 6.45) is 0. The Morgan fingerprint density at radius 3 is 2.23 bits per heavy atom. The molecule has 0 bridgehead atoms. The van der Waals surface area contributed by atoms with Crippen molar-refractivity contribution < 1.29 is 19.1 Å². The summed E-state index contributed by atoms with van der Waals surface area (Å²) >= 11 is 0. The molecule has 31 heavy (non-hydrogen) atoms. The van der Waals surface area contributed by atoms with Crippen LogP contribution in [0.3, 0.4) is 0 Å². The Bertz CT molecular complexity index is 965. The minimum atomic E-state index is -0.379. The van der Waals surface area contributed by atoms with E-state index < -0.39 is 0 Å². The summed E-state index contributed by atoms with van der Waals surface area (Å²) in [5, 5.41) is 3.18. The average molecular weight is 424 g/mol. The van der Waals surface area contributed by atoms with Gasteiger partial charge in [-0.05, 0) is 44.2 Å². The molecule has 2 aromatic rings. The fraction of sp³-hybridized carbons (Fsp3) is 0.333. The molecule has 2 aromatic carbocycles. The molecule has 0 spiro atoms. The number of carbonyl (C=O) groups is 2. The summed E-state index contributed by atoms with van der Waals surface area (Å²) in [5.74, 6) is -0.215. The molecule has 1 aliphatic rings. The average Bonchev–Trinajstić information content (AvgIpc) is 3.03. The van der Waals surface area contributed by atoms with E-state index in [9.17, 15) is 9.59 Å². The van der Waals surface area contributed by atoms with Gasteiger partial charge in [-0.3, -0.25) is 14.5 Å². The first-order valence-electron chi connectivity index (χ1n) is 10.4. The Morgan fingerprint density at radius 1 is 0.935 bits per heavy atom. The quantitative estimate of drug-likeness (QED) is 0.591. The maximum Gasteiger partial charge on any atom is 0.278 e. The standard InChI is InChI=1S/C24H29N3O4/c1-5-26(6-2)18-13-11-17(12-14-18)25-22-21(19-9-7-8-10-20(19)31-4)23(28)27(24(22)29)15-16-30-3/h7-14,25H,5-6,15-16H2,1-4H3. The lowest BCUT2D eigenvalue weighted by atomic mass is 10.0. The molecule has 3 rings (SSSR count). The number of benzene rings is 2. The van der Waals surface area contributed by atoms with Crippen LogP contribution in [0.4, 0.5) is 11.4 Å². The topological polar surface area (TPSA) is 71.1 Å². The molecule has 0 unspecified atom stereocenters. The predicted octanol–water partition coefficient (Wildman–Crippen LogP) is 3.38. The maximum atomic E-state index is 13.2. The van der Waals surface area contributed by atoms with Gasteiger partial charge in [-0.2, -0.15) is 0 Å². The molecule has 0 radical (unpaired) electrons. The van der Waals surface area contributed by atoms with E-state index in [0.29, 0.717) is 16.9 Å². The molecule has 0 aliphatic carbocycles. The number of nitrogens with one attached hydrogen (secondary N) is 1. The number of carbonyl (C=O) groups excluding carboxylic acids is 2. The van der Waals surface area contributed by atoms with Gasteiger partial charge in [0.2, 0.25) is 0 Å². The van der Waals surface area contributed by atoms with Crippen molar-refractivity contribution in [1.82, 2.24) is 4.90 Å². The predicted molar refractivity (Wildman–Crippen MR) is 122 cm³/mol. The van der Waals surface area contributed by atoms with Crippen LogP contribution in [0.25, 0.3) is 5.57 Å². The lowest BCUT2D eigenvalue weighted by molar-refractivity contribution is -0.137. The summed E-state index contributed by atoms with van der Waals surface area (Å²) in [7, 11) is 3.08. The van der Waals surface area contributed by atoms with Gasteiger partial charge < -0.3 is 19.7 Å². The number of para-hydroxylation sites is 1. The monoisotopic (exact) mass is 423 g/mol. The summed E-state index contributed by atoms with van der Waals surface area (Å²) in [4.78, 5) is 29.8. The molecule has 7 nitrogen and oxygen atoms in total. The SMILES string of the molecule is CCN(CC)c1ccc(NC2=C(c3ccccc3OC)C(=O)N(CCOC)C2=O)cc1. The number of methoxy groups -OCH3 is 2. The Labute approximate surface area is 183 Å². The molecule has 0 atom stereocenters. The van der Waals surface area contributed by atoms with Crippen molar-refractivity contribution in [2.24, 2.45) is 0 Å². The number of hydrogen-bond acceptors (Lipinski definition) is 6. The van der Waals surface area contributed by atoms with Gasteiger partial charge in [0.1, 0.15) is 11.4 Å². The van der Waals surface area contributed by atoms with Crippen molar-refractivity contribution in [3.63, 3.8) is 0 Å². The van der Waals surface area contributed by atoms with Crippen LogP contribution < -0.4 is 15.0 Å². The van der Waals surface area contributed by atoms with Gasteiger partial charge in [0.15, 0.2) is 0 Å². The van der Waals surface area contributed by atoms with Crippen molar-refractivity contribution >= 4 is 28.8 Å². The minimum absolute atomic E-state index is 0.179. The van der Waals surface area contributed by atoms with Crippen LogP contribution in [0.5, 0.6) is 5.75 Å². The molecule has 1 heterocycles. The zero-order valence-electron chi connectivity index (χ0n) is 18.5. The van der Waals surface area contributed by atoms with Gasteiger partial charge in [-0.15, -0.1) is 0 Å². The Balaban J connectivity index is 2.00. The van der Waals surface area contributed by atoms with Gasteiger partial charge in [0.05, 0.1) is 25.8 Å². The Morgan fingerprint density at radius 2 is 1.61 bits per heavy atom. The zero-order chi connectivity index (χ0) is 22.4. The third-order valence-electron chi connectivity index (χ3n) is 5.33. The van der Waals surface area contributed by atoms with E-state index in [-0.39, 0.29) is 30.7 Å². The molecule has 0 fully saturated rings. The van der Waals surface area contributed by atoms with Gasteiger partial charge in [-0.25, -0.2) is 0 Å². The first-order chi connectivity index (χ1) is 15.0. The molecule has 0 aromatic heterocycles. The molecule has 7 heteroatoms. The number of amides is 2. The Kier molecular flexibility index (Phi) is 7.31. The van der Waals surface area contributed by atoms with Gasteiger partial charge >= 0.3 is 0 Å². The second kappa shape index (κ2) is 10.1. The number of rotatable bonds is 10. The highest BCUT2D eigenvalue weighted by Gasteiger charge is 2.40. The third-order valence-corrected chi connectivity index (χ3v) is 5.33. The number of ether oxygens (including phenoxy) is 2. The Hall–Kier alpha value is -3.32. The highest BCUT2D eigenvalue weighted by Crippen LogP contribution is 2.35. The van der Waals surface area contributed by atoms with Crippen molar-refractivity contribution in [3.8, 4) is 5.75 Å². The van der Waals surface area contributed by atoms with Crippen LogP contribution in [0.15, 0.2) is 54.2 Å². The van der Waals surface area contributed by atoms with Crippen LogP contribution in [0, 0.1) is 0 Å². The van der Waals surface area contributed by atoms with Crippen molar-refractivity contribution in [2.45, 2.75) is 13.8 Å². The van der Waals surface area contributed by atoms with Crippen LogP contribution >= 0.6 is 0 Å². The van der Waals surface area contributed by atoms with Crippen LogP contribution in [0.2, 0.25) is 0 Å². The van der Waals surface area contributed by atoms with E-state index in [4.69, 9.17) is 9.47 Å². The first-order valence-corrected chi connectivity index (χ1v) is 10.4. The van der Waals surface area contributed by atoms with Crippen molar-refractivity contribution in [1.29, 1.82) is 0 Å². The first kappa shape index (κ1) is 22.4. The largest absolute Gasteiger partial charge is 0.496 e. The summed E-state index contributed by atoms with van der Waals surface area (Å²) in [6, 6.07) is 15.0. The second-order valence-corrected chi connectivity index (χ2v) is 7.05. The van der Waals surface area contributed by atoms with Crippen LogP contribution in [-0.4, -0.2) is 57.2 Å². The maximum absolute atomic E-state index is 13.2. The lowest BCUT2D eigenvalue weighted by Crippen LogP contribution is -2.35. The second-order valence-electron chi connectivity index (χ2n) is 7.05. The molecule has 1 aliphatic heterocycles. The normalized spacial score (nSPS) is 13.7. The van der Waals surface area contributed by atoms with E-state index in [1.54, 1.807) is 19.2 Å².